The fraction of sp³-hybridized carbons (Fsp3) is 0.568. The molecule has 2 aromatic rings. The van der Waals surface area contributed by atoms with E-state index in [4.69, 9.17) is 4.74 Å². The van der Waals surface area contributed by atoms with E-state index >= 15 is 0 Å². The Morgan fingerprint density at radius 2 is 1.76 bits per heavy atom. The van der Waals surface area contributed by atoms with Gasteiger partial charge < -0.3 is 15.0 Å². The predicted octanol–water partition coefficient (Wildman–Crippen LogP) is 2.70. The van der Waals surface area contributed by atoms with Gasteiger partial charge >= 0.3 is 5.97 Å². The summed E-state index contributed by atoms with van der Waals surface area (Å²) in [6.07, 6.45) is 3.01. The lowest BCUT2D eigenvalue weighted by atomic mass is 9.85. The van der Waals surface area contributed by atoms with Crippen molar-refractivity contribution in [3.63, 3.8) is 0 Å². The number of nitrogens with one attached hydrogen (secondary N) is 3. The molecule has 0 unspecified atom stereocenters. The van der Waals surface area contributed by atoms with Crippen molar-refractivity contribution in [3.05, 3.63) is 60.2 Å². The average Bonchev–Trinajstić information content (AvgIpc) is 4.00. The third kappa shape index (κ3) is 7.68. The van der Waals surface area contributed by atoms with Gasteiger partial charge in [-0.2, -0.15) is 0 Å². The summed E-state index contributed by atoms with van der Waals surface area (Å²) in [7, 11) is -3.87. The number of ether oxygens (including phenoxy) is 1. The van der Waals surface area contributed by atoms with Crippen molar-refractivity contribution in [2.75, 3.05) is 26.4 Å². The summed E-state index contributed by atoms with van der Waals surface area (Å²) in [4.78, 5) is 58.6. The number of rotatable bonds is 14. The molecule has 3 N–H and O–H groups in total. The lowest BCUT2D eigenvalue weighted by Crippen LogP contribution is -2.60. The summed E-state index contributed by atoms with van der Waals surface area (Å²) >= 11 is 0. The van der Waals surface area contributed by atoms with Crippen molar-refractivity contribution in [1.29, 1.82) is 0 Å². The molecule has 2 aromatic carbocycles. The number of alkyl halides is 1. The molecule has 0 aromatic heterocycles. The summed E-state index contributed by atoms with van der Waals surface area (Å²) in [5.41, 5.74) is 0.107. The zero-order chi connectivity index (χ0) is 36.7. The number of hydrogen-bond acceptors (Lipinski definition) is 9. The molecule has 4 aliphatic rings. The summed E-state index contributed by atoms with van der Waals surface area (Å²) < 4.78 is 45.2. The SMILES string of the molecule is C=C[C@@H]1C[C@]1(NC(=O)[C@@H]1C[C@@H](N2Cc3cccc4cccc(c34)C2)CN1C(=O)[C@@H](NCC(=O)OCCCF)C(C)(C)C)C(=O)NS(=O)(=O)C1CC1. The Hall–Kier alpha value is -3.88. The molecule has 0 spiro atoms. The first-order valence-electron chi connectivity index (χ1n) is 17.7. The van der Waals surface area contributed by atoms with Crippen LogP contribution in [0.2, 0.25) is 0 Å². The van der Waals surface area contributed by atoms with Gasteiger partial charge in [-0.1, -0.05) is 63.2 Å². The number of benzene rings is 2. The van der Waals surface area contributed by atoms with Crippen molar-refractivity contribution in [2.24, 2.45) is 11.3 Å². The molecule has 3 fully saturated rings. The fourth-order valence-corrected chi connectivity index (χ4v) is 8.88. The van der Waals surface area contributed by atoms with Gasteiger partial charge in [0.1, 0.15) is 11.6 Å². The Bertz CT molecular complexity index is 1790. The van der Waals surface area contributed by atoms with Crippen molar-refractivity contribution in [3.8, 4) is 0 Å². The minimum atomic E-state index is -3.87. The quantitative estimate of drug-likeness (QED) is 0.152. The van der Waals surface area contributed by atoms with Crippen molar-refractivity contribution in [2.45, 2.75) is 94.9 Å². The number of amides is 3. The largest absolute Gasteiger partial charge is 0.465 e. The first kappa shape index (κ1) is 36.9. The van der Waals surface area contributed by atoms with Crippen LogP contribution in [-0.4, -0.2) is 97.2 Å². The summed E-state index contributed by atoms with van der Waals surface area (Å²) in [5.74, 6) is -2.87. The number of esters is 1. The van der Waals surface area contributed by atoms with Crippen molar-refractivity contribution < 1.29 is 36.7 Å². The summed E-state index contributed by atoms with van der Waals surface area (Å²) in [5, 5.41) is 7.64. The monoisotopic (exact) mass is 725 g/mol. The molecule has 1 saturated heterocycles. The topological polar surface area (TPSA) is 154 Å². The van der Waals surface area contributed by atoms with E-state index in [2.05, 4.69) is 51.1 Å². The molecular formula is C37H48FN5O7S. The highest BCUT2D eigenvalue weighted by Gasteiger charge is 2.62. The second-order valence-electron chi connectivity index (χ2n) is 15.4. The van der Waals surface area contributed by atoms with Crippen molar-refractivity contribution in [1.82, 2.24) is 25.2 Å². The molecule has 51 heavy (non-hydrogen) atoms. The molecule has 3 amide bonds. The number of hydrogen-bond donors (Lipinski definition) is 3. The third-order valence-electron chi connectivity index (χ3n) is 10.6. The zero-order valence-corrected chi connectivity index (χ0v) is 30.3. The molecular weight excluding hydrogens is 678 g/mol. The molecule has 0 radical (unpaired) electrons. The van der Waals surface area contributed by atoms with Crippen molar-refractivity contribution >= 4 is 44.5 Å². The van der Waals surface area contributed by atoms with E-state index in [9.17, 15) is 32.0 Å². The van der Waals surface area contributed by atoms with E-state index in [1.165, 1.54) is 16.4 Å². The Labute approximate surface area is 298 Å². The van der Waals surface area contributed by atoms with Crippen LogP contribution in [0, 0.1) is 11.3 Å². The Morgan fingerprint density at radius 1 is 1.10 bits per heavy atom. The smallest absolute Gasteiger partial charge is 0.319 e. The lowest BCUT2D eigenvalue weighted by Gasteiger charge is -2.36. The van der Waals surface area contributed by atoms with Gasteiger partial charge in [0, 0.05) is 38.0 Å². The predicted molar refractivity (Wildman–Crippen MR) is 189 cm³/mol. The molecule has 2 heterocycles. The second-order valence-corrected chi connectivity index (χ2v) is 17.3. The number of halogens is 1. The van der Waals surface area contributed by atoms with E-state index in [1.54, 1.807) is 0 Å². The summed E-state index contributed by atoms with van der Waals surface area (Å²) in [6.45, 7) is 9.80. The van der Waals surface area contributed by atoms with Gasteiger partial charge in [0.15, 0.2) is 0 Å². The molecule has 5 atom stereocenters. The number of carbonyl (C=O) groups excluding carboxylic acids is 4. The number of likely N-dealkylation sites (tertiary alicyclic amines) is 1. The van der Waals surface area contributed by atoms with Crippen LogP contribution >= 0.6 is 0 Å². The highest BCUT2D eigenvalue weighted by atomic mass is 32.2. The molecule has 2 saturated carbocycles. The second kappa shape index (κ2) is 14.3. The first-order valence-corrected chi connectivity index (χ1v) is 19.2. The normalized spacial score (nSPS) is 25.3. The van der Waals surface area contributed by atoms with Crippen LogP contribution in [0.5, 0.6) is 0 Å². The maximum absolute atomic E-state index is 14.6. The molecule has 12 nitrogen and oxygen atoms in total. The first-order chi connectivity index (χ1) is 24.2. The minimum absolute atomic E-state index is 0.0726. The van der Waals surface area contributed by atoms with Crippen LogP contribution in [0.25, 0.3) is 10.8 Å². The van der Waals surface area contributed by atoms with Crippen LogP contribution in [0.1, 0.15) is 64.0 Å². The molecule has 14 heteroatoms. The van der Waals surface area contributed by atoms with E-state index < -0.39 is 74.6 Å². The highest BCUT2D eigenvalue weighted by molar-refractivity contribution is 7.91. The molecule has 2 aliphatic carbocycles. The van der Waals surface area contributed by atoms with E-state index in [0.29, 0.717) is 25.9 Å². The van der Waals surface area contributed by atoms with Gasteiger partial charge in [0.05, 0.1) is 31.1 Å². The third-order valence-corrected chi connectivity index (χ3v) is 12.4. The van der Waals surface area contributed by atoms with E-state index in [-0.39, 0.29) is 45.0 Å². The van der Waals surface area contributed by atoms with Crippen LogP contribution < -0.4 is 15.4 Å². The number of nitrogens with zero attached hydrogens (tertiary/aromatic N) is 2. The van der Waals surface area contributed by atoms with E-state index in [1.807, 2.05) is 32.9 Å². The maximum Gasteiger partial charge on any atom is 0.319 e. The Balaban J connectivity index is 1.26. The van der Waals surface area contributed by atoms with Gasteiger partial charge in [-0.25, -0.2) is 8.42 Å². The van der Waals surface area contributed by atoms with Gasteiger partial charge in [-0.15, -0.1) is 6.58 Å². The van der Waals surface area contributed by atoms with Crippen LogP contribution in [0.3, 0.4) is 0 Å². The number of carbonyl (C=O) groups is 4. The van der Waals surface area contributed by atoms with Crippen LogP contribution in [0.15, 0.2) is 49.1 Å². The highest BCUT2D eigenvalue weighted by Crippen LogP contribution is 2.46. The van der Waals surface area contributed by atoms with Gasteiger partial charge in [0.25, 0.3) is 5.91 Å². The summed E-state index contributed by atoms with van der Waals surface area (Å²) in [6, 6.07) is 10.3. The minimum Gasteiger partial charge on any atom is -0.465 e. The maximum atomic E-state index is 14.6. The van der Waals surface area contributed by atoms with Gasteiger partial charge in [-0.3, -0.25) is 38.5 Å². The average molecular weight is 726 g/mol. The lowest BCUT2D eigenvalue weighted by molar-refractivity contribution is -0.145. The van der Waals surface area contributed by atoms with Crippen LogP contribution in [0.4, 0.5) is 4.39 Å². The number of sulfonamides is 1. The molecule has 2 aliphatic heterocycles. The van der Waals surface area contributed by atoms with Gasteiger partial charge in [-0.05, 0) is 53.0 Å². The van der Waals surface area contributed by atoms with Crippen LogP contribution in [-0.2, 0) is 47.0 Å². The Morgan fingerprint density at radius 3 is 2.33 bits per heavy atom. The Kier molecular flexibility index (Phi) is 10.3. The molecule has 0 bridgehead atoms. The molecule has 276 valence electrons. The van der Waals surface area contributed by atoms with E-state index in [0.717, 1.165) is 16.5 Å². The zero-order valence-electron chi connectivity index (χ0n) is 29.5. The fourth-order valence-electron chi connectivity index (χ4n) is 7.51. The standard InChI is InChI=1S/C37H48FN5O7S/c1-5-26-18-37(26,35(47)41-51(48,49)28-13-14-28)40-33(45)29-17-27(42-20-24-11-6-9-23-10-7-12-25(21-42)31(23)24)22-43(29)34(46)32(36(2,3)4)39-19-30(44)50-16-8-15-38/h5-7,9-12,26-29,32,39H,1,8,13-22H2,2-4H3,(H,40,45)(H,41,47)/t26-,27-,29+,32-,37-/m1/s1. The molecule has 6 rings (SSSR count). The van der Waals surface area contributed by atoms with Gasteiger partial charge in [0.2, 0.25) is 21.8 Å².